The predicted molar refractivity (Wildman–Crippen MR) is 121 cm³/mol. The number of likely N-dealkylation sites (N-methyl/N-ethyl adjacent to an activating group) is 1. The molecule has 1 aliphatic carbocycles. The average molecular weight is 407 g/mol. The van der Waals surface area contributed by atoms with Crippen molar-refractivity contribution in [1.29, 1.82) is 0 Å². The van der Waals surface area contributed by atoms with Gasteiger partial charge in [-0.25, -0.2) is 4.79 Å². The zero-order chi connectivity index (χ0) is 20.8. The second-order valence-corrected chi connectivity index (χ2v) is 10.2. The first-order valence-electron chi connectivity index (χ1n) is 12.4. The van der Waals surface area contributed by atoms with Crippen LogP contribution in [0.2, 0.25) is 0 Å². The third kappa shape index (κ3) is 6.33. The van der Waals surface area contributed by atoms with Crippen molar-refractivity contribution in [3.8, 4) is 0 Å². The fourth-order valence-electron chi connectivity index (χ4n) is 5.71. The largest absolute Gasteiger partial charge is 0.328 e. The van der Waals surface area contributed by atoms with E-state index in [1.165, 1.54) is 77.7 Å². The molecule has 2 saturated heterocycles. The average Bonchev–Trinajstić information content (AvgIpc) is 2.77. The molecule has 1 saturated carbocycles. The van der Waals surface area contributed by atoms with Crippen molar-refractivity contribution >= 4 is 6.03 Å². The first kappa shape index (κ1) is 22.9. The van der Waals surface area contributed by atoms with Gasteiger partial charge in [-0.2, -0.15) is 0 Å². The summed E-state index contributed by atoms with van der Waals surface area (Å²) < 4.78 is 0. The van der Waals surface area contributed by atoms with Crippen LogP contribution in [0.4, 0.5) is 4.79 Å². The number of likely N-dealkylation sites (tertiary alicyclic amines) is 1. The van der Waals surface area contributed by atoms with Crippen molar-refractivity contribution in [2.24, 2.45) is 17.8 Å². The van der Waals surface area contributed by atoms with Crippen LogP contribution in [0.5, 0.6) is 0 Å². The lowest BCUT2D eigenvalue weighted by atomic mass is 9.83. The minimum atomic E-state index is 0.259. The highest BCUT2D eigenvalue weighted by molar-refractivity contribution is 5.74. The van der Waals surface area contributed by atoms with E-state index in [1.54, 1.807) is 0 Å². The summed E-state index contributed by atoms with van der Waals surface area (Å²) >= 11 is 0. The van der Waals surface area contributed by atoms with Gasteiger partial charge in [0, 0.05) is 58.9 Å². The summed E-state index contributed by atoms with van der Waals surface area (Å²) in [7, 11) is 2.01. The normalized spacial score (nSPS) is 28.1. The molecule has 29 heavy (non-hydrogen) atoms. The number of hydrogen-bond acceptors (Lipinski definition) is 3. The molecule has 0 N–H and O–H groups in total. The maximum atomic E-state index is 12.8. The van der Waals surface area contributed by atoms with E-state index in [0.29, 0.717) is 0 Å². The molecule has 0 radical (unpaired) electrons. The van der Waals surface area contributed by atoms with Gasteiger partial charge in [0.2, 0.25) is 0 Å². The van der Waals surface area contributed by atoms with Crippen molar-refractivity contribution in [3.63, 3.8) is 0 Å². The van der Waals surface area contributed by atoms with Crippen molar-refractivity contribution in [3.05, 3.63) is 0 Å². The van der Waals surface area contributed by atoms with E-state index in [0.717, 1.165) is 43.4 Å². The molecule has 0 aromatic heterocycles. The quantitative estimate of drug-likeness (QED) is 0.668. The molecule has 5 nitrogen and oxygen atoms in total. The third-order valence-electron chi connectivity index (χ3n) is 8.14. The van der Waals surface area contributed by atoms with Gasteiger partial charge >= 0.3 is 6.03 Å². The molecule has 2 amide bonds. The van der Waals surface area contributed by atoms with Crippen LogP contribution < -0.4 is 0 Å². The van der Waals surface area contributed by atoms with Crippen molar-refractivity contribution in [2.75, 3.05) is 59.4 Å². The highest BCUT2D eigenvalue weighted by Crippen LogP contribution is 2.30. The molecule has 0 aromatic carbocycles. The van der Waals surface area contributed by atoms with Crippen molar-refractivity contribution in [1.82, 2.24) is 19.6 Å². The van der Waals surface area contributed by atoms with Crippen LogP contribution >= 0.6 is 0 Å². The number of nitrogens with zero attached hydrogens (tertiary/aromatic N) is 4. The van der Waals surface area contributed by atoms with Gasteiger partial charge in [0.25, 0.3) is 0 Å². The topological polar surface area (TPSA) is 30.0 Å². The number of amides is 2. The van der Waals surface area contributed by atoms with Crippen LogP contribution in [-0.2, 0) is 0 Å². The highest BCUT2D eigenvalue weighted by atomic mass is 16.2. The molecule has 3 aliphatic rings. The molecule has 0 bridgehead atoms. The van der Waals surface area contributed by atoms with Gasteiger partial charge in [-0.15, -0.1) is 0 Å². The zero-order valence-electron chi connectivity index (χ0n) is 19.6. The van der Waals surface area contributed by atoms with Crippen molar-refractivity contribution in [2.45, 2.75) is 71.8 Å². The number of urea groups is 1. The lowest BCUT2D eigenvalue weighted by molar-refractivity contribution is 0.0707. The van der Waals surface area contributed by atoms with E-state index in [1.807, 2.05) is 11.9 Å². The van der Waals surface area contributed by atoms with Gasteiger partial charge in [-0.3, -0.25) is 4.90 Å². The minimum Gasteiger partial charge on any atom is -0.328 e. The fourth-order valence-corrected chi connectivity index (χ4v) is 5.71. The fraction of sp³-hybridized carbons (Fsp3) is 0.958. The van der Waals surface area contributed by atoms with E-state index in [9.17, 15) is 4.79 Å². The van der Waals surface area contributed by atoms with Gasteiger partial charge in [0.05, 0.1) is 0 Å². The van der Waals surface area contributed by atoms with Crippen molar-refractivity contribution < 1.29 is 4.79 Å². The molecule has 0 spiro atoms. The lowest BCUT2D eigenvalue weighted by Crippen LogP contribution is -2.51. The van der Waals surface area contributed by atoms with E-state index < -0.39 is 0 Å². The number of carbonyl (C=O) groups excluding carboxylic acids is 1. The number of piperazine rings is 1. The number of piperidine rings is 1. The number of hydrogen-bond donors (Lipinski definition) is 0. The van der Waals surface area contributed by atoms with Gasteiger partial charge in [0.15, 0.2) is 0 Å². The summed E-state index contributed by atoms with van der Waals surface area (Å²) in [6.07, 6.45) is 8.94. The monoisotopic (exact) mass is 406 g/mol. The molecule has 5 heteroatoms. The second kappa shape index (κ2) is 11.0. The zero-order valence-corrected chi connectivity index (χ0v) is 19.6. The first-order chi connectivity index (χ1) is 14.0. The molecule has 168 valence electrons. The maximum absolute atomic E-state index is 12.8. The van der Waals surface area contributed by atoms with Crippen LogP contribution in [0.25, 0.3) is 0 Å². The Labute approximate surface area is 179 Å². The Morgan fingerprint density at radius 3 is 2.10 bits per heavy atom. The molecule has 2 aliphatic heterocycles. The van der Waals surface area contributed by atoms with Crippen LogP contribution in [0.1, 0.15) is 65.7 Å². The van der Waals surface area contributed by atoms with E-state index in [4.69, 9.17) is 0 Å². The molecule has 3 rings (SSSR count). The lowest BCUT2D eigenvalue weighted by Gasteiger charge is -2.42. The summed E-state index contributed by atoms with van der Waals surface area (Å²) in [6.45, 7) is 15.9. The van der Waals surface area contributed by atoms with Gasteiger partial charge in [-0.1, -0.05) is 20.8 Å². The molecule has 0 aromatic rings. The number of rotatable bonds is 6. The summed E-state index contributed by atoms with van der Waals surface area (Å²) in [6, 6.07) is 1.07. The highest BCUT2D eigenvalue weighted by Gasteiger charge is 2.29. The molecule has 0 atom stereocenters. The Hall–Kier alpha value is -0.810. The Balaban J connectivity index is 1.32. The molecule has 3 fully saturated rings. The van der Waals surface area contributed by atoms with Crippen LogP contribution in [0.3, 0.4) is 0 Å². The molecule has 0 unspecified atom stereocenters. The van der Waals surface area contributed by atoms with E-state index in [-0.39, 0.29) is 6.03 Å². The molecular formula is C24H46N4O. The Morgan fingerprint density at radius 1 is 0.931 bits per heavy atom. The van der Waals surface area contributed by atoms with Crippen LogP contribution in [0.15, 0.2) is 0 Å². The van der Waals surface area contributed by atoms with Gasteiger partial charge in [-0.05, 0) is 69.2 Å². The predicted octanol–water partition coefficient (Wildman–Crippen LogP) is 3.99. The van der Waals surface area contributed by atoms with Gasteiger partial charge in [0.1, 0.15) is 0 Å². The smallest absolute Gasteiger partial charge is 0.319 e. The van der Waals surface area contributed by atoms with Crippen LogP contribution in [0, 0.1) is 17.8 Å². The second-order valence-electron chi connectivity index (χ2n) is 10.2. The van der Waals surface area contributed by atoms with Crippen LogP contribution in [-0.4, -0.2) is 91.1 Å². The Kier molecular flexibility index (Phi) is 8.67. The first-order valence-corrected chi connectivity index (χ1v) is 12.4. The minimum absolute atomic E-state index is 0.259. The summed E-state index contributed by atoms with van der Waals surface area (Å²) in [4.78, 5) is 22.2. The van der Waals surface area contributed by atoms with E-state index >= 15 is 0 Å². The molecule has 2 heterocycles. The van der Waals surface area contributed by atoms with E-state index in [2.05, 4.69) is 35.5 Å². The molecular weight excluding hydrogens is 360 g/mol. The SMILES string of the molecule is CCN1CCN(C2CCC(CCN(C)C(=O)N3CCC(C(C)C)CC3)CC2)CC1. The maximum Gasteiger partial charge on any atom is 0.319 e. The Bertz CT molecular complexity index is 487. The summed E-state index contributed by atoms with van der Waals surface area (Å²) in [5.74, 6) is 2.35. The summed E-state index contributed by atoms with van der Waals surface area (Å²) in [5.41, 5.74) is 0. The third-order valence-corrected chi connectivity index (χ3v) is 8.14. The Morgan fingerprint density at radius 2 is 1.55 bits per heavy atom. The standard InChI is InChI=1S/C24H46N4O/c1-5-26-16-18-27(19-17-26)23-8-6-21(7-9-23)10-13-25(4)24(29)28-14-11-22(12-15-28)20(2)3/h20-23H,5-19H2,1-4H3. The number of carbonyl (C=O) groups is 1. The summed E-state index contributed by atoms with van der Waals surface area (Å²) in [5, 5.41) is 0. The van der Waals surface area contributed by atoms with Gasteiger partial charge < -0.3 is 14.7 Å².